The molecule has 0 N–H and O–H groups in total. The first kappa shape index (κ1) is 26.0. The Morgan fingerprint density at radius 1 is 1.12 bits per heavy atom. The summed E-state index contributed by atoms with van der Waals surface area (Å²) in [6.07, 6.45) is 1.59. The SMILES string of the molecule is CCOC(=O)[C@H]1CCCN(C(=O)c2ccc(CSc3nc(C)c(C)c(N(CC)CC)n3)cc2)C1. The van der Waals surface area contributed by atoms with Gasteiger partial charge in [-0.05, 0) is 65.2 Å². The number of esters is 1. The Labute approximate surface area is 207 Å². The molecule has 0 radical (unpaired) electrons. The van der Waals surface area contributed by atoms with Crippen LogP contribution in [0, 0.1) is 19.8 Å². The molecule has 0 bridgehead atoms. The van der Waals surface area contributed by atoms with Crippen LogP contribution in [0.2, 0.25) is 0 Å². The number of hydrogen-bond donors (Lipinski definition) is 0. The summed E-state index contributed by atoms with van der Waals surface area (Å²) in [4.78, 5) is 38.6. The highest BCUT2D eigenvalue weighted by Gasteiger charge is 2.29. The highest BCUT2D eigenvalue weighted by molar-refractivity contribution is 7.98. The maximum absolute atomic E-state index is 13.0. The van der Waals surface area contributed by atoms with Crippen molar-refractivity contribution in [2.24, 2.45) is 5.92 Å². The van der Waals surface area contributed by atoms with Crippen LogP contribution in [0.25, 0.3) is 0 Å². The number of carbonyl (C=O) groups is 2. The molecule has 8 heteroatoms. The molecular formula is C26H36N4O3S. The minimum absolute atomic E-state index is 0.0328. The minimum atomic E-state index is -0.229. The molecular weight excluding hydrogens is 448 g/mol. The lowest BCUT2D eigenvalue weighted by Gasteiger charge is -2.31. The number of piperidine rings is 1. The molecule has 1 atom stereocenters. The first-order valence-corrected chi connectivity index (χ1v) is 13.1. The monoisotopic (exact) mass is 484 g/mol. The molecule has 1 aromatic carbocycles. The van der Waals surface area contributed by atoms with Crippen molar-refractivity contribution in [3.8, 4) is 0 Å². The van der Waals surface area contributed by atoms with Crippen LogP contribution < -0.4 is 4.90 Å². The summed E-state index contributed by atoms with van der Waals surface area (Å²) >= 11 is 1.60. The van der Waals surface area contributed by atoms with Crippen LogP contribution in [0.15, 0.2) is 29.4 Å². The third-order valence-corrected chi connectivity index (χ3v) is 7.22. The molecule has 1 saturated heterocycles. The highest BCUT2D eigenvalue weighted by Crippen LogP contribution is 2.26. The number of thioether (sulfide) groups is 1. The van der Waals surface area contributed by atoms with Crippen molar-refractivity contribution in [1.29, 1.82) is 0 Å². The van der Waals surface area contributed by atoms with Gasteiger partial charge in [0.15, 0.2) is 5.16 Å². The minimum Gasteiger partial charge on any atom is -0.466 e. The van der Waals surface area contributed by atoms with E-state index in [2.05, 4.69) is 30.7 Å². The van der Waals surface area contributed by atoms with Gasteiger partial charge < -0.3 is 14.5 Å². The molecule has 184 valence electrons. The van der Waals surface area contributed by atoms with Gasteiger partial charge in [0, 0.05) is 48.8 Å². The van der Waals surface area contributed by atoms with Crippen LogP contribution in [0.1, 0.15) is 60.8 Å². The Bertz CT molecular complexity index is 992. The van der Waals surface area contributed by atoms with E-state index in [4.69, 9.17) is 9.72 Å². The Morgan fingerprint density at radius 2 is 1.82 bits per heavy atom. The fourth-order valence-electron chi connectivity index (χ4n) is 4.17. The molecule has 0 spiro atoms. The van der Waals surface area contributed by atoms with Crippen molar-refractivity contribution in [2.45, 2.75) is 58.4 Å². The third-order valence-electron chi connectivity index (χ3n) is 6.30. The summed E-state index contributed by atoms with van der Waals surface area (Å²) in [5.74, 6) is 1.26. The predicted octanol–water partition coefficient (Wildman–Crippen LogP) is 4.65. The highest BCUT2D eigenvalue weighted by atomic mass is 32.2. The van der Waals surface area contributed by atoms with Crippen LogP contribution in [0.4, 0.5) is 5.82 Å². The van der Waals surface area contributed by atoms with Gasteiger partial charge in [0.1, 0.15) is 5.82 Å². The number of aryl methyl sites for hydroxylation is 1. The molecule has 2 heterocycles. The summed E-state index contributed by atoms with van der Waals surface area (Å²) < 4.78 is 5.15. The predicted molar refractivity (Wildman–Crippen MR) is 136 cm³/mol. The van der Waals surface area contributed by atoms with Gasteiger partial charge in [-0.25, -0.2) is 9.97 Å². The van der Waals surface area contributed by atoms with Crippen molar-refractivity contribution in [1.82, 2.24) is 14.9 Å². The molecule has 2 aromatic rings. The molecule has 3 rings (SSSR count). The number of ether oxygens (including phenoxy) is 1. The Hall–Kier alpha value is -2.61. The molecule has 1 aliphatic rings. The maximum atomic E-state index is 13.0. The maximum Gasteiger partial charge on any atom is 0.310 e. The number of rotatable bonds is 9. The second-order valence-electron chi connectivity index (χ2n) is 8.54. The molecule has 34 heavy (non-hydrogen) atoms. The summed E-state index contributed by atoms with van der Waals surface area (Å²) in [6.45, 7) is 13.5. The van der Waals surface area contributed by atoms with E-state index in [1.807, 2.05) is 31.2 Å². The third kappa shape index (κ3) is 6.29. The Morgan fingerprint density at radius 3 is 2.47 bits per heavy atom. The zero-order valence-electron chi connectivity index (χ0n) is 21.0. The lowest BCUT2D eigenvalue weighted by atomic mass is 9.97. The molecule has 0 saturated carbocycles. The number of likely N-dealkylation sites (tertiary alicyclic amines) is 1. The molecule has 1 aromatic heterocycles. The second kappa shape index (κ2) is 12.2. The van der Waals surface area contributed by atoms with Crippen molar-refractivity contribution in [2.75, 3.05) is 37.7 Å². The van der Waals surface area contributed by atoms with Gasteiger partial charge in [-0.15, -0.1) is 0 Å². The average molecular weight is 485 g/mol. The number of hydrogen-bond acceptors (Lipinski definition) is 7. The summed E-state index contributed by atoms with van der Waals surface area (Å²) in [5, 5.41) is 0.767. The summed E-state index contributed by atoms with van der Waals surface area (Å²) in [7, 11) is 0. The zero-order chi connectivity index (χ0) is 24.7. The van der Waals surface area contributed by atoms with Gasteiger partial charge >= 0.3 is 5.97 Å². The largest absolute Gasteiger partial charge is 0.466 e. The number of carbonyl (C=O) groups excluding carboxylic acids is 2. The number of anilines is 1. The number of amides is 1. The first-order chi connectivity index (χ1) is 16.4. The first-order valence-electron chi connectivity index (χ1n) is 12.2. The van der Waals surface area contributed by atoms with Crippen LogP contribution in [0.5, 0.6) is 0 Å². The lowest BCUT2D eigenvalue weighted by Crippen LogP contribution is -2.42. The molecule has 0 unspecified atom stereocenters. The van der Waals surface area contributed by atoms with E-state index in [0.717, 1.165) is 59.5 Å². The van der Waals surface area contributed by atoms with Crippen molar-refractivity contribution in [3.05, 3.63) is 46.6 Å². The zero-order valence-corrected chi connectivity index (χ0v) is 21.8. The molecule has 0 aliphatic carbocycles. The van der Waals surface area contributed by atoms with Crippen LogP contribution in [-0.2, 0) is 15.3 Å². The van der Waals surface area contributed by atoms with E-state index in [1.165, 1.54) is 0 Å². The van der Waals surface area contributed by atoms with E-state index in [9.17, 15) is 9.59 Å². The summed E-state index contributed by atoms with van der Waals surface area (Å²) in [6, 6.07) is 7.71. The lowest BCUT2D eigenvalue weighted by molar-refractivity contribution is -0.149. The fourth-order valence-corrected chi connectivity index (χ4v) is 5.01. The molecule has 1 amide bonds. The van der Waals surface area contributed by atoms with Crippen LogP contribution >= 0.6 is 11.8 Å². The topological polar surface area (TPSA) is 75.6 Å². The standard InChI is InChI=1S/C26H36N4O3S/c1-6-29(7-2)23-18(4)19(5)27-26(28-23)34-17-20-11-13-21(14-12-20)24(31)30-15-9-10-22(16-30)25(32)33-8-3/h11-14,22H,6-10,15-17H2,1-5H3/t22-/m0/s1. The molecule has 7 nitrogen and oxygen atoms in total. The number of benzene rings is 1. The van der Waals surface area contributed by atoms with Crippen LogP contribution in [0.3, 0.4) is 0 Å². The Balaban J connectivity index is 1.63. The van der Waals surface area contributed by atoms with Gasteiger partial charge in [0.05, 0.1) is 12.5 Å². The second-order valence-corrected chi connectivity index (χ2v) is 9.48. The molecule has 1 fully saturated rings. The van der Waals surface area contributed by atoms with Gasteiger partial charge in [-0.3, -0.25) is 9.59 Å². The van der Waals surface area contributed by atoms with Crippen LogP contribution in [-0.4, -0.2) is 59.5 Å². The van der Waals surface area contributed by atoms with Gasteiger partial charge in [0.25, 0.3) is 5.91 Å². The number of nitrogens with zero attached hydrogens (tertiary/aromatic N) is 4. The number of aromatic nitrogens is 2. The van der Waals surface area contributed by atoms with E-state index < -0.39 is 0 Å². The molecule has 1 aliphatic heterocycles. The van der Waals surface area contributed by atoms with E-state index >= 15 is 0 Å². The fraction of sp³-hybridized carbons (Fsp3) is 0.538. The van der Waals surface area contributed by atoms with Crippen molar-refractivity contribution < 1.29 is 14.3 Å². The van der Waals surface area contributed by atoms with Crippen molar-refractivity contribution >= 4 is 29.5 Å². The Kier molecular flexibility index (Phi) is 9.33. The van der Waals surface area contributed by atoms with Gasteiger partial charge in [0.2, 0.25) is 0 Å². The summed E-state index contributed by atoms with van der Waals surface area (Å²) in [5.41, 5.74) is 3.88. The van der Waals surface area contributed by atoms with Gasteiger partial charge in [-0.1, -0.05) is 23.9 Å². The van der Waals surface area contributed by atoms with Crippen molar-refractivity contribution in [3.63, 3.8) is 0 Å². The smallest absolute Gasteiger partial charge is 0.310 e. The normalized spacial score (nSPS) is 15.8. The van der Waals surface area contributed by atoms with E-state index in [-0.39, 0.29) is 17.8 Å². The van der Waals surface area contributed by atoms with E-state index in [0.29, 0.717) is 25.3 Å². The van der Waals surface area contributed by atoms with E-state index in [1.54, 1.807) is 23.6 Å². The average Bonchev–Trinajstić information content (AvgIpc) is 2.86. The quantitative estimate of drug-likeness (QED) is 0.291. The van der Waals surface area contributed by atoms with Gasteiger partial charge in [-0.2, -0.15) is 0 Å².